The van der Waals surface area contributed by atoms with E-state index in [1.807, 2.05) is 6.08 Å². The summed E-state index contributed by atoms with van der Waals surface area (Å²) in [6, 6.07) is 0. The zero-order valence-corrected chi connectivity index (χ0v) is 17.6. The average Bonchev–Trinajstić information content (AvgIpc) is 3.02. The van der Waals surface area contributed by atoms with E-state index in [-0.39, 0.29) is 36.3 Å². The molecule has 28 heavy (non-hydrogen) atoms. The van der Waals surface area contributed by atoms with E-state index in [0.29, 0.717) is 6.61 Å². The predicted octanol–water partition coefficient (Wildman–Crippen LogP) is 4.39. The van der Waals surface area contributed by atoms with Crippen LogP contribution in [0.25, 0.3) is 0 Å². The lowest BCUT2D eigenvalue weighted by molar-refractivity contribution is -0.148. The molecule has 0 bridgehead atoms. The van der Waals surface area contributed by atoms with Crippen LogP contribution in [0.2, 0.25) is 0 Å². The highest BCUT2D eigenvalue weighted by atomic mass is 16.6. The summed E-state index contributed by atoms with van der Waals surface area (Å²) in [6.07, 6.45) is 17.1. The van der Waals surface area contributed by atoms with E-state index >= 15 is 0 Å². The maximum atomic E-state index is 12.1. The van der Waals surface area contributed by atoms with Crippen LogP contribution in [-0.4, -0.2) is 43.3 Å². The van der Waals surface area contributed by atoms with Crippen LogP contribution in [0, 0.1) is 11.8 Å². The van der Waals surface area contributed by atoms with Crippen LogP contribution in [-0.2, 0) is 19.1 Å². The van der Waals surface area contributed by atoms with Gasteiger partial charge in [0, 0.05) is 13.0 Å². The van der Waals surface area contributed by atoms with Gasteiger partial charge >= 0.3 is 5.97 Å². The summed E-state index contributed by atoms with van der Waals surface area (Å²) in [5, 5.41) is 10.1. The molecule has 160 valence electrons. The van der Waals surface area contributed by atoms with E-state index in [1.165, 1.54) is 20.0 Å². The fourth-order valence-electron chi connectivity index (χ4n) is 3.51. The van der Waals surface area contributed by atoms with Crippen molar-refractivity contribution < 1.29 is 24.2 Å². The molecule has 1 N–H and O–H groups in total. The molecule has 0 amide bonds. The molecule has 0 radical (unpaired) electrons. The Hall–Kier alpha value is -1.46. The van der Waals surface area contributed by atoms with Gasteiger partial charge in [-0.25, -0.2) is 4.79 Å². The highest BCUT2D eigenvalue weighted by Crippen LogP contribution is 2.30. The highest BCUT2D eigenvalue weighted by Gasteiger charge is 2.28. The van der Waals surface area contributed by atoms with Crippen molar-refractivity contribution in [2.45, 2.75) is 77.2 Å². The van der Waals surface area contributed by atoms with Gasteiger partial charge in [-0.3, -0.25) is 4.79 Å². The Morgan fingerprint density at radius 1 is 1.21 bits per heavy atom. The van der Waals surface area contributed by atoms with Crippen molar-refractivity contribution in [3.8, 4) is 0 Å². The average molecular weight is 395 g/mol. The monoisotopic (exact) mass is 394 g/mol. The van der Waals surface area contributed by atoms with Gasteiger partial charge < -0.3 is 14.6 Å². The molecule has 1 aliphatic carbocycles. The number of aliphatic hydroxyl groups excluding tert-OH is 1. The number of aliphatic hydroxyl groups is 1. The Morgan fingerprint density at radius 2 is 2.04 bits per heavy atom. The van der Waals surface area contributed by atoms with E-state index in [9.17, 15) is 14.7 Å². The quantitative estimate of drug-likeness (QED) is 0.239. The lowest BCUT2D eigenvalue weighted by Gasteiger charge is -2.18. The zero-order chi connectivity index (χ0) is 20.6. The minimum Gasteiger partial charge on any atom is -0.464 e. The van der Waals surface area contributed by atoms with Crippen LogP contribution in [0.1, 0.15) is 71.1 Å². The van der Waals surface area contributed by atoms with Crippen LogP contribution in [0.15, 0.2) is 24.3 Å². The van der Waals surface area contributed by atoms with Crippen LogP contribution in [0.4, 0.5) is 0 Å². The Labute approximate surface area is 170 Å². The predicted molar refractivity (Wildman–Crippen MR) is 111 cm³/mol. The summed E-state index contributed by atoms with van der Waals surface area (Å²) in [5.41, 5.74) is 0. The zero-order valence-electron chi connectivity index (χ0n) is 17.6. The number of allylic oxidation sites excluding steroid dienone is 4. The molecule has 1 rings (SSSR count). The first-order valence-electron chi connectivity index (χ1n) is 10.8. The van der Waals surface area contributed by atoms with Gasteiger partial charge in [-0.1, -0.05) is 44.4 Å². The fraction of sp³-hybridized carbons (Fsp3) is 0.739. The molecule has 0 spiro atoms. The molecule has 3 atom stereocenters. The number of hydrogen-bond acceptors (Lipinski definition) is 5. The second-order valence-electron chi connectivity index (χ2n) is 7.62. The van der Waals surface area contributed by atoms with E-state index in [0.717, 1.165) is 51.4 Å². The van der Waals surface area contributed by atoms with Gasteiger partial charge in [-0.15, -0.1) is 0 Å². The number of unbranched alkanes of at least 4 members (excludes halogenated alkanes) is 4. The first-order chi connectivity index (χ1) is 13.6. The molecule has 0 unspecified atom stereocenters. The van der Waals surface area contributed by atoms with Gasteiger partial charge in [0.1, 0.15) is 6.61 Å². The van der Waals surface area contributed by atoms with E-state index in [2.05, 4.69) is 19.1 Å². The molecule has 1 aliphatic rings. The van der Waals surface area contributed by atoms with E-state index in [4.69, 9.17) is 9.47 Å². The molecular weight excluding hydrogens is 356 g/mol. The number of ketones is 1. The molecule has 5 nitrogen and oxygen atoms in total. The Kier molecular flexibility index (Phi) is 13.6. The van der Waals surface area contributed by atoms with Crippen molar-refractivity contribution >= 4 is 11.8 Å². The molecule has 0 aromatic carbocycles. The van der Waals surface area contributed by atoms with E-state index < -0.39 is 0 Å². The summed E-state index contributed by atoms with van der Waals surface area (Å²) in [7, 11) is 1.47. The lowest BCUT2D eigenvalue weighted by Crippen LogP contribution is -2.17. The number of ether oxygens (including phenoxy) is 2. The minimum atomic E-state index is -0.327. The Balaban J connectivity index is 2.18. The van der Waals surface area contributed by atoms with Crippen LogP contribution >= 0.6 is 0 Å². The number of hydrogen-bond donors (Lipinski definition) is 1. The molecule has 0 fully saturated rings. The van der Waals surface area contributed by atoms with Crippen LogP contribution < -0.4 is 0 Å². The molecule has 0 saturated heterocycles. The smallest absolute Gasteiger partial charge is 0.332 e. The van der Waals surface area contributed by atoms with Crippen molar-refractivity contribution in [2.24, 2.45) is 11.8 Å². The van der Waals surface area contributed by atoms with Gasteiger partial charge in [-0.2, -0.15) is 0 Å². The SMILES string of the molecule is CCCCC[C@H](O)CC[C@H]1C=CC(=O)[C@@H]1CC=CCCCCOC(=O)COC. The molecule has 0 saturated carbocycles. The lowest BCUT2D eigenvalue weighted by atomic mass is 9.86. The van der Waals surface area contributed by atoms with E-state index in [1.54, 1.807) is 6.08 Å². The molecule has 0 aromatic heterocycles. The maximum absolute atomic E-state index is 12.1. The topological polar surface area (TPSA) is 72.8 Å². The number of methoxy groups -OCH3 is 1. The number of carbonyl (C=O) groups excluding carboxylic acids is 2. The second-order valence-corrected chi connectivity index (χ2v) is 7.62. The first kappa shape index (κ1) is 24.6. The van der Waals surface area contributed by atoms with Crippen molar-refractivity contribution in [3.63, 3.8) is 0 Å². The summed E-state index contributed by atoms with van der Waals surface area (Å²) in [6.45, 7) is 2.58. The number of esters is 1. The summed E-state index contributed by atoms with van der Waals surface area (Å²) in [5.74, 6) is 0.152. The van der Waals surface area contributed by atoms with Crippen molar-refractivity contribution in [2.75, 3.05) is 20.3 Å². The van der Waals surface area contributed by atoms with Gasteiger partial charge in [0.05, 0.1) is 12.7 Å². The van der Waals surface area contributed by atoms with Gasteiger partial charge in [0.15, 0.2) is 5.78 Å². The standard InChI is InChI=1S/C23H38O5/c1-3-4-8-11-20(24)15-13-19-14-16-22(25)21(19)12-9-6-5-7-10-17-28-23(26)18-27-2/h6,9,14,16,19-21,24H,3-5,7-8,10-13,15,17-18H2,1-2H3/t19-,20-,21+/m0/s1. The third kappa shape index (κ3) is 10.8. The Morgan fingerprint density at radius 3 is 2.79 bits per heavy atom. The van der Waals surface area contributed by atoms with Crippen LogP contribution in [0.5, 0.6) is 0 Å². The van der Waals surface area contributed by atoms with Crippen molar-refractivity contribution in [1.29, 1.82) is 0 Å². The van der Waals surface area contributed by atoms with Gasteiger partial charge in [-0.05, 0) is 56.9 Å². The van der Waals surface area contributed by atoms with Gasteiger partial charge in [0.2, 0.25) is 0 Å². The van der Waals surface area contributed by atoms with Crippen LogP contribution in [0.3, 0.4) is 0 Å². The third-order valence-electron chi connectivity index (χ3n) is 5.21. The molecule has 0 aromatic rings. The normalized spacial score (nSPS) is 20.2. The Bertz CT molecular complexity index is 497. The van der Waals surface area contributed by atoms with Crippen molar-refractivity contribution in [3.05, 3.63) is 24.3 Å². The largest absolute Gasteiger partial charge is 0.464 e. The summed E-state index contributed by atoms with van der Waals surface area (Å²) >= 11 is 0. The highest BCUT2D eigenvalue weighted by molar-refractivity contribution is 5.94. The maximum Gasteiger partial charge on any atom is 0.332 e. The molecule has 0 heterocycles. The first-order valence-corrected chi connectivity index (χ1v) is 10.8. The molecule has 0 aliphatic heterocycles. The minimum absolute atomic E-state index is 0.000288. The molecular formula is C23H38O5. The summed E-state index contributed by atoms with van der Waals surface area (Å²) in [4.78, 5) is 23.3. The van der Waals surface area contributed by atoms with Crippen molar-refractivity contribution in [1.82, 2.24) is 0 Å². The number of rotatable bonds is 16. The van der Waals surface area contributed by atoms with Gasteiger partial charge in [0.25, 0.3) is 0 Å². The fourth-order valence-corrected chi connectivity index (χ4v) is 3.51. The number of carbonyl (C=O) groups is 2. The third-order valence-corrected chi connectivity index (χ3v) is 5.21. The summed E-state index contributed by atoms with van der Waals surface area (Å²) < 4.78 is 9.71. The molecule has 5 heteroatoms. The second kappa shape index (κ2) is 15.5.